The van der Waals surface area contributed by atoms with E-state index in [-0.39, 0.29) is 12.5 Å². The van der Waals surface area contributed by atoms with Crippen LogP contribution in [0.3, 0.4) is 0 Å². The summed E-state index contributed by atoms with van der Waals surface area (Å²) in [5, 5.41) is 3.19. The molecule has 1 aromatic carbocycles. The molecule has 1 heterocycles. The van der Waals surface area contributed by atoms with Gasteiger partial charge in [-0.25, -0.2) is 4.98 Å². The monoisotopic (exact) mass is 289 g/mol. The number of nitrogens with zero attached hydrogens (tertiary/aromatic N) is 2. The number of fused-ring (bicyclic) bond motifs is 1. The molecule has 0 radical (unpaired) electrons. The van der Waals surface area contributed by atoms with Crippen LogP contribution < -0.4 is 5.32 Å². The first-order valence-electron chi connectivity index (χ1n) is 7.61. The third kappa shape index (κ3) is 3.97. The zero-order valence-corrected chi connectivity index (χ0v) is 12.8. The molecule has 0 atom stereocenters. The van der Waals surface area contributed by atoms with E-state index >= 15 is 0 Å². The zero-order chi connectivity index (χ0) is 15.1. The van der Waals surface area contributed by atoms with Gasteiger partial charge in [-0.3, -0.25) is 9.36 Å². The van der Waals surface area contributed by atoms with Crippen molar-refractivity contribution in [3.8, 4) is 0 Å². The average Bonchev–Trinajstić information content (AvgIpc) is 2.82. The second-order valence-electron chi connectivity index (χ2n) is 4.97. The SMILES string of the molecule is CCCCCOC(=O)Cn1c(NCC)nc2ccccc21. The van der Waals surface area contributed by atoms with Crippen LogP contribution in [0.25, 0.3) is 11.0 Å². The van der Waals surface area contributed by atoms with Crippen LogP contribution in [0.2, 0.25) is 0 Å². The standard InChI is InChI=1S/C16H23N3O2/c1-3-5-8-11-21-15(20)12-19-14-10-7-6-9-13(14)18-16(19)17-4-2/h6-7,9-10H,3-5,8,11-12H2,1-2H3,(H,17,18). The molecule has 5 heteroatoms. The molecule has 0 aliphatic carbocycles. The minimum atomic E-state index is -0.214. The number of hydrogen-bond acceptors (Lipinski definition) is 4. The molecule has 2 rings (SSSR count). The molecular weight excluding hydrogens is 266 g/mol. The van der Waals surface area contributed by atoms with E-state index < -0.39 is 0 Å². The molecule has 2 aromatic rings. The summed E-state index contributed by atoms with van der Waals surface area (Å²) in [4.78, 5) is 16.5. The number of anilines is 1. The molecule has 0 amide bonds. The Morgan fingerprint density at radius 3 is 2.86 bits per heavy atom. The normalized spacial score (nSPS) is 10.8. The Hall–Kier alpha value is -2.04. The second-order valence-corrected chi connectivity index (χ2v) is 4.97. The van der Waals surface area contributed by atoms with Gasteiger partial charge < -0.3 is 10.1 Å². The average molecular weight is 289 g/mol. The maximum atomic E-state index is 12.0. The fraction of sp³-hybridized carbons (Fsp3) is 0.500. The molecule has 1 N–H and O–H groups in total. The van der Waals surface area contributed by atoms with E-state index in [1.54, 1.807) is 0 Å². The van der Waals surface area contributed by atoms with Crippen LogP contribution in [-0.4, -0.2) is 28.7 Å². The van der Waals surface area contributed by atoms with E-state index in [2.05, 4.69) is 17.2 Å². The van der Waals surface area contributed by atoms with Gasteiger partial charge in [-0.1, -0.05) is 31.9 Å². The van der Waals surface area contributed by atoms with Crippen molar-refractivity contribution >= 4 is 23.0 Å². The summed E-state index contributed by atoms with van der Waals surface area (Å²) >= 11 is 0. The number of imidazole rings is 1. The van der Waals surface area contributed by atoms with Gasteiger partial charge in [0.15, 0.2) is 0 Å². The second kappa shape index (κ2) is 7.67. The first-order valence-corrected chi connectivity index (χ1v) is 7.61. The van der Waals surface area contributed by atoms with Crippen molar-refractivity contribution in [1.82, 2.24) is 9.55 Å². The van der Waals surface area contributed by atoms with Crippen molar-refractivity contribution in [1.29, 1.82) is 0 Å². The van der Waals surface area contributed by atoms with Gasteiger partial charge in [0.25, 0.3) is 0 Å². The summed E-state index contributed by atoms with van der Waals surface area (Å²) in [5.74, 6) is 0.498. The maximum Gasteiger partial charge on any atom is 0.326 e. The van der Waals surface area contributed by atoms with Crippen molar-refractivity contribution in [3.05, 3.63) is 24.3 Å². The van der Waals surface area contributed by atoms with Gasteiger partial charge in [-0.15, -0.1) is 0 Å². The fourth-order valence-corrected chi connectivity index (χ4v) is 2.24. The molecule has 0 fully saturated rings. The Bertz CT molecular complexity index is 592. The quantitative estimate of drug-likeness (QED) is 0.599. The highest BCUT2D eigenvalue weighted by Crippen LogP contribution is 2.19. The van der Waals surface area contributed by atoms with Gasteiger partial charge in [-0.05, 0) is 25.5 Å². The number of rotatable bonds is 8. The maximum absolute atomic E-state index is 12.0. The fourth-order valence-electron chi connectivity index (χ4n) is 2.24. The third-order valence-electron chi connectivity index (χ3n) is 3.29. The Balaban J connectivity index is 2.08. The molecule has 0 saturated heterocycles. The highest BCUT2D eigenvalue weighted by molar-refractivity contribution is 5.81. The summed E-state index contributed by atoms with van der Waals surface area (Å²) < 4.78 is 7.16. The predicted molar refractivity (Wildman–Crippen MR) is 84.4 cm³/mol. The number of aromatic nitrogens is 2. The van der Waals surface area contributed by atoms with Crippen LogP contribution in [0.15, 0.2) is 24.3 Å². The first-order chi connectivity index (χ1) is 10.3. The molecule has 114 valence electrons. The number of benzene rings is 1. The van der Waals surface area contributed by atoms with E-state index in [1.165, 1.54) is 0 Å². The van der Waals surface area contributed by atoms with Gasteiger partial charge >= 0.3 is 5.97 Å². The molecule has 0 spiro atoms. The van der Waals surface area contributed by atoms with Crippen molar-refractivity contribution in [3.63, 3.8) is 0 Å². The number of hydrogen-bond donors (Lipinski definition) is 1. The van der Waals surface area contributed by atoms with Gasteiger partial charge in [0, 0.05) is 6.54 Å². The lowest BCUT2D eigenvalue weighted by atomic mass is 10.3. The highest BCUT2D eigenvalue weighted by atomic mass is 16.5. The van der Waals surface area contributed by atoms with E-state index in [0.29, 0.717) is 12.6 Å². The number of carbonyl (C=O) groups is 1. The number of esters is 1. The van der Waals surface area contributed by atoms with Gasteiger partial charge in [0.05, 0.1) is 17.6 Å². The molecule has 0 aliphatic rings. The van der Waals surface area contributed by atoms with E-state index in [1.807, 2.05) is 35.8 Å². The molecule has 5 nitrogen and oxygen atoms in total. The van der Waals surface area contributed by atoms with Gasteiger partial charge in [-0.2, -0.15) is 0 Å². The summed E-state index contributed by atoms with van der Waals surface area (Å²) in [6.07, 6.45) is 3.13. The number of nitrogens with one attached hydrogen (secondary N) is 1. The number of para-hydroxylation sites is 2. The molecule has 0 unspecified atom stereocenters. The number of unbranched alkanes of at least 4 members (excludes halogenated alkanes) is 2. The van der Waals surface area contributed by atoms with E-state index in [9.17, 15) is 4.79 Å². The van der Waals surface area contributed by atoms with E-state index in [4.69, 9.17) is 4.74 Å². The number of ether oxygens (including phenoxy) is 1. The zero-order valence-electron chi connectivity index (χ0n) is 12.8. The smallest absolute Gasteiger partial charge is 0.326 e. The first kappa shape index (κ1) is 15.4. The van der Waals surface area contributed by atoms with Crippen molar-refractivity contribution in [2.75, 3.05) is 18.5 Å². The lowest BCUT2D eigenvalue weighted by Gasteiger charge is -2.09. The minimum absolute atomic E-state index is 0.189. The molecule has 0 bridgehead atoms. The van der Waals surface area contributed by atoms with Crippen LogP contribution in [0, 0.1) is 0 Å². The van der Waals surface area contributed by atoms with Crippen molar-refractivity contribution in [2.45, 2.75) is 39.7 Å². The topological polar surface area (TPSA) is 56.1 Å². The largest absolute Gasteiger partial charge is 0.464 e. The lowest BCUT2D eigenvalue weighted by molar-refractivity contribution is -0.144. The molecule has 1 aromatic heterocycles. The summed E-state index contributed by atoms with van der Waals surface area (Å²) in [5.41, 5.74) is 1.83. The molecular formula is C16H23N3O2. The summed E-state index contributed by atoms with van der Waals surface area (Å²) in [6.45, 7) is 5.58. The minimum Gasteiger partial charge on any atom is -0.464 e. The highest BCUT2D eigenvalue weighted by Gasteiger charge is 2.13. The Morgan fingerprint density at radius 1 is 1.29 bits per heavy atom. The number of carbonyl (C=O) groups excluding carboxylic acids is 1. The van der Waals surface area contributed by atoms with E-state index in [0.717, 1.165) is 36.8 Å². The summed E-state index contributed by atoms with van der Waals surface area (Å²) in [6, 6.07) is 7.80. The summed E-state index contributed by atoms with van der Waals surface area (Å²) in [7, 11) is 0. The van der Waals surface area contributed by atoms with Crippen LogP contribution in [0.4, 0.5) is 5.95 Å². The van der Waals surface area contributed by atoms with Gasteiger partial charge in [0.1, 0.15) is 6.54 Å². The Kier molecular flexibility index (Phi) is 5.60. The Morgan fingerprint density at radius 2 is 2.10 bits per heavy atom. The third-order valence-corrected chi connectivity index (χ3v) is 3.29. The predicted octanol–water partition coefficient (Wildman–Crippen LogP) is 3.20. The van der Waals surface area contributed by atoms with Crippen LogP contribution in [0.5, 0.6) is 0 Å². The molecule has 21 heavy (non-hydrogen) atoms. The molecule has 0 saturated carbocycles. The molecule has 0 aliphatic heterocycles. The Labute approximate surface area is 125 Å². The lowest BCUT2D eigenvalue weighted by Crippen LogP contribution is -2.16. The van der Waals surface area contributed by atoms with Crippen molar-refractivity contribution < 1.29 is 9.53 Å². The van der Waals surface area contributed by atoms with Crippen molar-refractivity contribution in [2.24, 2.45) is 0 Å². The van der Waals surface area contributed by atoms with Crippen LogP contribution in [0.1, 0.15) is 33.1 Å². The van der Waals surface area contributed by atoms with Gasteiger partial charge in [0.2, 0.25) is 5.95 Å². The van der Waals surface area contributed by atoms with Crippen LogP contribution >= 0.6 is 0 Å². The van der Waals surface area contributed by atoms with Crippen LogP contribution in [-0.2, 0) is 16.1 Å².